The van der Waals surface area contributed by atoms with E-state index in [1.807, 2.05) is 24.3 Å². The fourth-order valence-electron chi connectivity index (χ4n) is 2.29. The summed E-state index contributed by atoms with van der Waals surface area (Å²) in [6.45, 7) is 0.761. The molecule has 1 aliphatic heterocycles. The molecule has 1 amide bonds. The van der Waals surface area contributed by atoms with Gasteiger partial charge in [-0.3, -0.25) is 4.79 Å². The van der Waals surface area contributed by atoms with Crippen molar-refractivity contribution in [1.82, 2.24) is 5.32 Å². The summed E-state index contributed by atoms with van der Waals surface area (Å²) in [5, 5.41) is 2.81. The van der Waals surface area contributed by atoms with E-state index < -0.39 is 0 Å². The Morgan fingerprint density at radius 1 is 1.20 bits per heavy atom. The van der Waals surface area contributed by atoms with Crippen LogP contribution in [-0.2, 0) is 10.5 Å². The zero-order chi connectivity index (χ0) is 17.5. The van der Waals surface area contributed by atoms with Gasteiger partial charge in [-0.2, -0.15) is 11.8 Å². The lowest BCUT2D eigenvalue weighted by Crippen LogP contribution is -2.23. The van der Waals surface area contributed by atoms with Crippen molar-refractivity contribution in [2.75, 3.05) is 19.1 Å². The number of hydrogen-bond acceptors (Lipinski definition) is 4. The van der Waals surface area contributed by atoms with Gasteiger partial charge in [0, 0.05) is 24.1 Å². The Morgan fingerprint density at radius 2 is 2.04 bits per heavy atom. The van der Waals surface area contributed by atoms with Gasteiger partial charge in [0.2, 0.25) is 12.7 Å². The molecule has 1 N–H and O–H groups in total. The maximum absolute atomic E-state index is 13.5. The summed E-state index contributed by atoms with van der Waals surface area (Å²) >= 11 is 1.58. The van der Waals surface area contributed by atoms with Gasteiger partial charge in [-0.25, -0.2) is 4.39 Å². The highest BCUT2D eigenvalue weighted by Crippen LogP contribution is 2.32. The summed E-state index contributed by atoms with van der Waals surface area (Å²) in [7, 11) is 0. The first-order chi connectivity index (χ1) is 12.2. The number of thioether (sulfide) groups is 1. The van der Waals surface area contributed by atoms with Crippen LogP contribution >= 0.6 is 11.8 Å². The summed E-state index contributed by atoms with van der Waals surface area (Å²) in [6, 6.07) is 12.2. The molecule has 0 fully saturated rings. The Labute approximate surface area is 150 Å². The minimum Gasteiger partial charge on any atom is -0.454 e. The second-order valence-corrected chi connectivity index (χ2v) is 6.49. The van der Waals surface area contributed by atoms with Gasteiger partial charge < -0.3 is 14.8 Å². The van der Waals surface area contributed by atoms with Gasteiger partial charge in [0.15, 0.2) is 11.5 Å². The molecule has 3 rings (SSSR count). The molecule has 4 nitrogen and oxygen atoms in total. The van der Waals surface area contributed by atoms with Gasteiger partial charge in [-0.05, 0) is 35.4 Å². The lowest BCUT2D eigenvalue weighted by molar-refractivity contribution is -0.116. The largest absolute Gasteiger partial charge is 0.454 e. The quantitative estimate of drug-likeness (QED) is 0.606. The molecule has 0 saturated carbocycles. The van der Waals surface area contributed by atoms with Crippen LogP contribution < -0.4 is 14.8 Å². The number of ether oxygens (including phenoxy) is 2. The molecule has 1 heterocycles. The first-order valence-electron chi connectivity index (χ1n) is 7.89. The molecule has 0 saturated heterocycles. The van der Waals surface area contributed by atoms with Crippen molar-refractivity contribution in [2.24, 2.45) is 0 Å². The van der Waals surface area contributed by atoms with Crippen LogP contribution in [0.4, 0.5) is 4.39 Å². The molecule has 130 valence electrons. The van der Waals surface area contributed by atoms with Crippen molar-refractivity contribution in [3.63, 3.8) is 0 Å². The van der Waals surface area contributed by atoms with E-state index in [1.165, 1.54) is 12.1 Å². The third-order valence-electron chi connectivity index (χ3n) is 3.58. The first kappa shape index (κ1) is 17.4. The van der Waals surface area contributed by atoms with Gasteiger partial charge in [-0.15, -0.1) is 0 Å². The number of hydrogen-bond donors (Lipinski definition) is 1. The number of nitrogens with one attached hydrogen (secondary N) is 1. The SMILES string of the molecule is O=C(/C=C/c1ccc2c(c1)OCO2)NCCSCc1ccccc1F. The van der Waals surface area contributed by atoms with E-state index in [0.717, 1.165) is 11.3 Å². The van der Waals surface area contributed by atoms with Gasteiger partial charge >= 0.3 is 0 Å². The lowest BCUT2D eigenvalue weighted by Gasteiger charge is -2.04. The number of rotatable bonds is 7. The highest BCUT2D eigenvalue weighted by Gasteiger charge is 2.12. The number of benzene rings is 2. The number of carbonyl (C=O) groups is 1. The molecule has 0 bridgehead atoms. The molecule has 0 aliphatic carbocycles. The molecule has 2 aromatic rings. The zero-order valence-electron chi connectivity index (χ0n) is 13.5. The van der Waals surface area contributed by atoms with E-state index in [4.69, 9.17) is 9.47 Å². The third-order valence-corrected chi connectivity index (χ3v) is 4.59. The fourth-order valence-corrected chi connectivity index (χ4v) is 3.14. The highest BCUT2D eigenvalue weighted by molar-refractivity contribution is 7.98. The van der Waals surface area contributed by atoms with Crippen molar-refractivity contribution < 1.29 is 18.7 Å². The third kappa shape index (κ3) is 5.00. The average molecular weight is 359 g/mol. The van der Waals surface area contributed by atoms with Crippen molar-refractivity contribution in [3.05, 3.63) is 65.5 Å². The number of carbonyl (C=O) groups excluding carboxylic acids is 1. The number of fused-ring (bicyclic) bond motifs is 1. The standard InChI is InChI=1S/C19H18FNO3S/c20-16-4-2-1-3-15(16)12-25-10-9-21-19(22)8-6-14-5-7-17-18(11-14)24-13-23-17/h1-8,11H,9-10,12-13H2,(H,21,22)/b8-6+. The van der Waals surface area contributed by atoms with Crippen LogP contribution in [0.5, 0.6) is 11.5 Å². The first-order valence-corrected chi connectivity index (χ1v) is 9.04. The van der Waals surface area contributed by atoms with Crippen molar-refractivity contribution in [1.29, 1.82) is 0 Å². The lowest BCUT2D eigenvalue weighted by atomic mass is 10.2. The van der Waals surface area contributed by atoms with Crippen LogP contribution in [0.2, 0.25) is 0 Å². The second-order valence-electron chi connectivity index (χ2n) is 5.38. The minimum absolute atomic E-state index is 0.163. The molecule has 0 radical (unpaired) electrons. The van der Waals surface area contributed by atoms with Crippen molar-refractivity contribution in [3.8, 4) is 11.5 Å². The normalized spacial score (nSPS) is 12.5. The molecule has 6 heteroatoms. The molecule has 25 heavy (non-hydrogen) atoms. The molecular weight excluding hydrogens is 341 g/mol. The summed E-state index contributed by atoms with van der Waals surface area (Å²) in [6.07, 6.45) is 3.21. The van der Waals surface area contributed by atoms with Crippen LogP contribution in [0.15, 0.2) is 48.5 Å². The Bertz CT molecular complexity index is 779. The van der Waals surface area contributed by atoms with Crippen LogP contribution in [0.1, 0.15) is 11.1 Å². The Morgan fingerprint density at radius 3 is 2.92 bits per heavy atom. The maximum atomic E-state index is 13.5. The molecule has 0 spiro atoms. The number of amides is 1. The maximum Gasteiger partial charge on any atom is 0.244 e. The van der Waals surface area contributed by atoms with E-state index in [0.29, 0.717) is 29.4 Å². The molecule has 0 atom stereocenters. The van der Waals surface area contributed by atoms with E-state index in [1.54, 1.807) is 30.0 Å². The van der Waals surface area contributed by atoms with E-state index in [-0.39, 0.29) is 18.5 Å². The van der Waals surface area contributed by atoms with Crippen LogP contribution in [0.25, 0.3) is 6.08 Å². The molecule has 0 aromatic heterocycles. The van der Waals surface area contributed by atoms with Crippen molar-refractivity contribution >= 4 is 23.7 Å². The predicted molar refractivity (Wildman–Crippen MR) is 97.2 cm³/mol. The van der Waals surface area contributed by atoms with Gasteiger partial charge in [-0.1, -0.05) is 24.3 Å². The molecule has 2 aromatic carbocycles. The number of halogens is 1. The summed E-state index contributed by atoms with van der Waals surface area (Å²) < 4.78 is 24.0. The fraction of sp³-hybridized carbons (Fsp3) is 0.211. The summed E-state index contributed by atoms with van der Waals surface area (Å²) in [5.74, 6) is 2.36. The predicted octanol–water partition coefficient (Wildman–Crippen LogP) is 3.62. The van der Waals surface area contributed by atoms with E-state index in [2.05, 4.69) is 5.32 Å². The topological polar surface area (TPSA) is 47.6 Å². The van der Waals surface area contributed by atoms with E-state index in [9.17, 15) is 9.18 Å². The zero-order valence-corrected chi connectivity index (χ0v) is 14.4. The smallest absolute Gasteiger partial charge is 0.244 e. The van der Waals surface area contributed by atoms with Crippen molar-refractivity contribution in [2.45, 2.75) is 5.75 Å². The van der Waals surface area contributed by atoms with Gasteiger partial charge in [0.05, 0.1) is 0 Å². The Balaban J connectivity index is 1.37. The Kier molecular flexibility index (Phi) is 5.95. The minimum atomic E-state index is -0.189. The summed E-state index contributed by atoms with van der Waals surface area (Å²) in [4.78, 5) is 11.8. The second kappa shape index (κ2) is 8.58. The van der Waals surface area contributed by atoms with Crippen LogP contribution in [-0.4, -0.2) is 25.0 Å². The van der Waals surface area contributed by atoms with Gasteiger partial charge in [0.25, 0.3) is 0 Å². The summed E-state index contributed by atoms with van der Waals surface area (Å²) in [5.41, 5.74) is 1.55. The molecule has 0 unspecified atom stereocenters. The van der Waals surface area contributed by atoms with Crippen LogP contribution in [0.3, 0.4) is 0 Å². The average Bonchev–Trinajstić information content (AvgIpc) is 3.09. The van der Waals surface area contributed by atoms with Gasteiger partial charge in [0.1, 0.15) is 5.82 Å². The molecule has 1 aliphatic rings. The van der Waals surface area contributed by atoms with E-state index >= 15 is 0 Å². The monoisotopic (exact) mass is 359 g/mol. The Hall–Kier alpha value is -2.47. The highest BCUT2D eigenvalue weighted by atomic mass is 32.2. The molecular formula is C19H18FNO3S. The van der Waals surface area contributed by atoms with Crippen LogP contribution in [0, 0.1) is 5.82 Å².